The molecule has 34 heavy (non-hydrogen) atoms. The molecule has 1 atom stereocenters. The Kier molecular flexibility index (Phi) is 8.83. The summed E-state index contributed by atoms with van der Waals surface area (Å²) in [6.07, 6.45) is 3.72. The number of rotatable bonds is 10. The Labute approximate surface area is 203 Å². The number of hydrogen-bond acceptors (Lipinski definition) is 7. The van der Waals surface area contributed by atoms with Gasteiger partial charge in [0.05, 0.1) is 5.37 Å². The highest BCUT2D eigenvalue weighted by Crippen LogP contribution is 2.29. The van der Waals surface area contributed by atoms with Gasteiger partial charge in [-0.05, 0) is 59.9 Å². The topological polar surface area (TPSA) is 125 Å². The molecule has 0 spiro atoms. The molecule has 3 rings (SSSR count). The Morgan fingerprint density at radius 3 is 2.56 bits per heavy atom. The van der Waals surface area contributed by atoms with E-state index in [1.165, 1.54) is 18.0 Å². The average molecular weight is 498 g/mol. The zero-order valence-electron chi connectivity index (χ0n) is 18.3. The van der Waals surface area contributed by atoms with E-state index in [1.54, 1.807) is 30.3 Å². The minimum Gasteiger partial charge on any atom is -0.480 e. The number of carboxylic acid groups (broad SMARTS) is 1. The summed E-state index contributed by atoms with van der Waals surface area (Å²) >= 11 is 1.51. The monoisotopic (exact) mass is 497 g/mol. The molecule has 0 saturated carbocycles. The molecule has 3 aromatic rings. The van der Waals surface area contributed by atoms with Crippen LogP contribution in [0, 0.1) is 0 Å². The maximum Gasteiger partial charge on any atom is 0.326 e. The second kappa shape index (κ2) is 12.0. The molecule has 3 N–H and O–H groups in total. The van der Waals surface area contributed by atoms with Gasteiger partial charge in [-0.1, -0.05) is 30.3 Å². The maximum atomic E-state index is 13.1. The zero-order chi connectivity index (χ0) is 24.5. The summed E-state index contributed by atoms with van der Waals surface area (Å²) in [5, 5.41) is 16.3. The van der Waals surface area contributed by atoms with Gasteiger partial charge in [-0.3, -0.25) is 4.79 Å². The molecule has 0 bridgehead atoms. The van der Waals surface area contributed by atoms with Gasteiger partial charge in [0, 0.05) is 23.0 Å². The van der Waals surface area contributed by atoms with Crippen LogP contribution in [0.4, 0.5) is 11.5 Å². The van der Waals surface area contributed by atoms with E-state index >= 15 is 0 Å². The Balaban J connectivity index is 1.99. The van der Waals surface area contributed by atoms with Gasteiger partial charge in [0.1, 0.15) is 11.9 Å². The summed E-state index contributed by atoms with van der Waals surface area (Å²) in [5.74, 6) is -0.640. The minimum absolute atomic E-state index is 0.308. The first kappa shape index (κ1) is 25.0. The summed E-state index contributed by atoms with van der Waals surface area (Å²) in [7, 11) is -2.40. The first-order chi connectivity index (χ1) is 16.4. The highest BCUT2D eigenvalue weighted by Gasteiger charge is 2.22. The molecule has 0 fully saturated rings. The zero-order valence-corrected chi connectivity index (χ0v) is 19.9. The fourth-order valence-corrected chi connectivity index (χ4v) is 4.13. The van der Waals surface area contributed by atoms with Crippen molar-refractivity contribution in [3.8, 4) is 11.1 Å². The van der Waals surface area contributed by atoms with E-state index in [1.807, 2.05) is 36.6 Å². The summed E-state index contributed by atoms with van der Waals surface area (Å²) in [6, 6.07) is 16.5. The third-order valence-corrected chi connectivity index (χ3v) is 5.98. The molecule has 1 aromatic heterocycles. The molecule has 0 aliphatic heterocycles. The van der Waals surface area contributed by atoms with Crippen molar-refractivity contribution in [1.82, 2.24) is 10.3 Å². The number of aliphatic carboxylic acids is 1. The number of amides is 1. The van der Waals surface area contributed by atoms with Crippen LogP contribution in [0.3, 0.4) is 0 Å². The van der Waals surface area contributed by atoms with Crippen molar-refractivity contribution < 1.29 is 23.1 Å². The van der Waals surface area contributed by atoms with Crippen LogP contribution >= 0.6 is 11.8 Å². The van der Waals surface area contributed by atoms with Crippen LogP contribution in [0.5, 0.6) is 0 Å². The van der Waals surface area contributed by atoms with Gasteiger partial charge in [0.2, 0.25) is 10.3 Å². The highest BCUT2D eigenvalue weighted by atomic mass is 32.2. The summed E-state index contributed by atoms with van der Waals surface area (Å²) < 4.78 is 22.3. The lowest BCUT2D eigenvalue weighted by Gasteiger charge is -2.17. The predicted molar refractivity (Wildman–Crippen MR) is 135 cm³/mol. The molecule has 1 amide bonds. The van der Waals surface area contributed by atoms with Crippen LogP contribution in [0.1, 0.15) is 22.3 Å². The lowest BCUT2D eigenvalue weighted by atomic mass is 9.98. The van der Waals surface area contributed by atoms with E-state index in [-0.39, 0.29) is 0 Å². The maximum absolute atomic E-state index is 13.1. The Hall–Kier alpha value is -3.63. The van der Waals surface area contributed by atoms with Crippen LogP contribution < -0.4 is 10.6 Å². The summed E-state index contributed by atoms with van der Waals surface area (Å²) in [6.45, 7) is 0. The minimum atomic E-state index is -2.40. The van der Waals surface area contributed by atoms with Crippen molar-refractivity contribution in [2.24, 2.45) is 0 Å². The lowest BCUT2D eigenvalue weighted by Crippen LogP contribution is -2.41. The van der Waals surface area contributed by atoms with Crippen LogP contribution in [-0.2, 0) is 15.1 Å². The van der Waals surface area contributed by atoms with Crippen molar-refractivity contribution >= 4 is 50.8 Å². The predicted octanol–water partition coefficient (Wildman–Crippen LogP) is 3.46. The Morgan fingerprint density at radius 2 is 1.88 bits per heavy atom. The van der Waals surface area contributed by atoms with E-state index in [9.17, 15) is 23.1 Å². The molecule has 2 aromatic carbocycles. The van der Waals surface area contributed by atoms with Gasteiger partial charge in [-0.15, -0.1) is 0 Å². The number of aromatic nitrogens is 1. The van der Waals surface area contributed by atoms with Crippen molar-refractivity contribution in [3.05, 3.63) is 78.0 Å². The first-order valence-corrected chi connectivity index (χ1v) is 12.8. The first-order valence-electron chi connectivity index (χ1n) is 10.3. The van der Waals surface area contributed by atoms with Gasteiger partial charge in [-0.2, -0.15) is 20.2 Å². The smallest absolute Gasteiger partial charge is 0.326 e. The molecule has 0 aliphatic carbocycles. The fraction of sp³-hybridized carbons (Fsp3) is 0.167. The number of nitrogens with one attached hydrogen (secondary N) is 2. The van der Waals surface area contributed by atoms with Gasteiger partial charge in [0.25, 0.3) is 5.91 Å². The number of pyridine rings is 1. The van der Waals surface area contributed by atoms with E-state index in [0.29, 0.717) is 40.4 Å². The van der Waals surface area contributed by atoms with Gasteiger partial charge >= 0.3 is 5.97 Å². The third kappa shape index (κ3) is 6.69. The molecular formula is C24H23N3O5S2. The Bertz CT molecular complexity index is 1300. The molecular weight excluding hydrogens is 474 g/mol. The second-order valence-corrected chi connectivity index (χ2v) is 8.96. The number of thioether (sulfide) groups is 1. The van der Waals surface area contributed by atoms with Gasteiger partial charge < -0.3 is 15.7 Å². The van der Waals surface area contributed by atoms with Crippen molar-refractivity contribution in [2.75, 3.05) is 17.3 Å². The number of carboxylic acids is 1. The lowest BCUT2D eigenvalue weighted by molar-refractivity contribution is -0.139. The molecule has 0 aliphatic rings. The molecule has 1 heterocycles. The fourth-order valence-electron chi connectivity index (χ4n) is 3.26. The van der Waals surface area contributed by atoms with Gasteiger partial charge in [-0.25, -0.2) is 9.78 Å². The van der Waals surface area contributed by atoms with E-state index in [4.69, 9.17) is 0 Å². The van der Waals surface area contributed by atoms with E-state index in [2.05, 4.69) is 15.6 Å². The number of hydrogen-bond donors (Lipinski definition) is 3. The average Bonchev–Trinajstić information content (AvgIpc) is 2.83. The van der Waals surface area contributed by atoms with E-state index < -0.39 is 28.2 Å². The summed E-state index contributed by atoms with van der Waals surface area (Å²) in [5.41, 5.74) is 2.64. The standard InChI is InChI=1S/C24H23N3O5S2/c1-33-13-11-21(24(29)30)27-23(28)19-10-9-18(14-20(19)16-6-3-2-4-7-16)26-22-17(15-34(31)32)8-5-12-25-22/h2-10,12,14-15,21H,11,13H2,1H3,(H,25,26)(H,27,28)(H,29,30)/t21-/m0/s1. The number of carbonyl (C=O) groups is 2. The van der Waals surface area contributed by atoms with Crippen molar-refractivity contribution in [1.29, 1.82) is 0 Å². The highest BCUT2D eigenvalue weighted by molar-refractivity contribution is 7.98. The van der Waals surface area contributed by atoms with Crippen LogP contribution in [0.2, 0.25) is 0 Å². The molecule has 176 valence electrons. The van der Waals surface area contributed by atoms with E-state index in [0.717, 1.165) is 10.9 Å². The number of nitrogens with zero attached hydrogens (tertiary/aromatic N) is 1. The normalized spacial score (nSPS) is 11.3. The van der Waals surface area contributed by atoms with Crippen LogP contribution in [0.25, 0.3) is 11.1 Å². The van der Waals surface area contributed by atoms with Crippen LogP contribution in [-0.4, -0.2) is 53.8 Å². The molecule has 0 saturated heterocycles. The molecule has 0 unspecified atom stereocenters. The molecule has 0 radical (unpaired) electrons. The summed E-state index contributed by atoms with van der Waals surface area (Å²) in [4.78, 5) is 28.9. The number of carbonyl (C=O) groups excluding carboxylic acids is 1. The third-order valence-electron chi connectivity index (χ3n) is 4.89. The molecule has 10 heteroatoms. The van der Waals surface area contributed by atoms with Gasteiger partial charge in [0.15, 0.2) is 0 Å². The van der Waals surface area contributed by atoms with Crippen LogP contribution in [0.15, 0.2) is 66.9 Å². The second-order valence-electron chi connectivity index (χ2n) is 7.22. The van der Waals surface area contributed by atoms with Crippen molar-refractivity contribution in [3.63, 3.8) is 0 Å². The largest absolute Gasteiger partial charge is 0.480 e. The van der Waals surface area contributed by atoms with Crippen molar-refractivity contribution in [2.45, 2.75) is 12.5 Å². The quantitative estimate of drug-likeness (QED) is 0.364. The molecule has 8 nitrogen and oxygen atoms in total. The number of anilines is 2. The Morgan fingerprint density at radius 1 is 1.12 bits per heavy atom. The number of benzene rings is 2. The SMILES string of the molecule is CSCC[C@H](NC(=O)c1ccc(Nc2ncccc2C=S(=O)=O)cc1-c1ccccc1)C(=O)O.